The van der Waals surface area contributed by atoms with Gasteiger partial charge in [0.05, 0.1) is 5.69 Å². The molecular formula is C17H22N2OS. The molecule has 0 bridgehead atoms. The monoisotopic (exact) mass is 302 g/mol. The molecular weight excluding hydrogens is 280 g/mol. The molecule has 1 aliphatic rings. The number of hydrogen-bond acceptors (Lipinski definition) is 3. The Bertz CT molecular complexity index is 649. The number of fused-ring (bicyclic) bond motifs is 1. The minimum Gasteiger partial charge on any atom is -0.397 e. The highest BCUT2D eigenvalue weighted by atomic mass is 32.1. The zero-order valence-corrected chi connectivity index (χ0v) is 13.3. The van der Waals surface area contributed by atoms with Gasteiger partial charge in [-0.05, 0) is 31.2 Å². The number of carbonyl (C=O) groups is 1. The minimum absolute atomic E-state index is 0.116. The summed E-state index contributed by atoms with van der Waals surface area (Å²) in [5.41, 5.74) is 6.85. The number of carbonyl (C=O) groups excluding carboxylic acids is 1. The molecule has 112 valence electrons. The van der Waals surface area contributed by atoms with Crippen LogP contribution in [-0.4, -0.2) is 23.9 Å². The second-order valence-corrected chi connectivity index (χ2v) is 6.89. The predicted molar refractivity (Wildman–Crippen MR) is 89.8 cm³/mol. The van der Waals surface area contributed by atoms with E-state index in [0.717, 1.165) is 41.9 Å². The first-order chi connectivity index (χ1) is 10.2. The Morgan fingerprint density at radius 2 is 2.14 bits per heavy atom. The van der Waals surface area contributed by atoms with Crippen LogP contribution in [0.3, 0.4) is 0 Å². The van der Waals surface area contributed by atoms with Crippen LogP contribution in [0.1, 0.15) is 42.3 Å². The average Bonchev–Trinajstić information content (AvgIpc) is 2.71. The van der Waals surface area contributed by atoms with Crippen molar-refractivity contribution >= 4 is 33.0 Å². The number of anilines is 1. The molecule has 1 unspecified atom stereocenters. The summed E-state index contributed by atoms with van der Waals surface area (Å²) in [5.74, 6) is 0.882. The molecule has 1 amide bonds. The number of nitrogen functional groups attached to an aromatic ring is 1. The summed E-state index contributed by atoms with van der Waals surface area (Å²) in [6.45, 7) is 3.97. The molecule has 3 rings (SSSR count). The van der Waals surface area contributed by atoms with Crippen molar-refractivity contribution in [3.8, 4) is 0 Å². The Kier molecular flexibility index (Phi) is 4.15. The maximum absolute atomic E-state index is 12.8. The van der Waals surface area contributed by atoms with Gasteiger partial charge < -0.3 is 10.6 Å². The van der Waals surface area contributed by atoms with E-state index in [-0.39, 0.29) is 5.91 Å². The van der Waals surface area contributed by atoms with E-state index < -0.39 is 0 Å². The van der Waals surface area contributed by atoms with E-state index in [9.17, 15) is 4.79 Å². The second kappa shape index (κ2) is 6.06. The molecule has 1 aromatic heterocycles. The van der Waals surface area contributed by atoms with E-state index in [1.165, 1.54) is 24.2 Å². The Morgan fingerprint density at radius 3 is 2.90 bits per heavy atom. The standard InChI is InChI=1S/C17H22N2OS/c1-2-12-6-5-10-19(11-9-12)17(20)16-15(18)13-7-3-4-8-14(13)21-16/h3-4,7-8,12H,2,5-6,9-11,18H2,1H3. The molecule has 2 N–H and O–H groups in total. The molecule has 0 spiro atoms. The van der Waals surface area contributed by atoms with Gasteiger partial charge >= 0.3 is 0 Å². The van der Waals surface area contributed by atoms with Crippen molar-refractivity contribution in [1.29, 1.82) is 0 Å². The van der Waals surface area contributed by atoms with Crippen LogP contribution in [0.4, 0.5) is 5.69 Å². The summed E-state index contributed by atoms with van der Waals surface area (Å²) in [6.07, 6.45) is 4.68. The Balaban J connectivity index is 1.85. The molecule has 0 saturated carbocycles. The van der Waals surface area contributed by atoms with Crippen LogP contribution in [0.25, 0.3) is 10.1 Å². The van der Waals surface area contributed by atoms with Gasteiger partial charge in [-0.3, -0.25) is 4.79 Å². The van der Waals surface area contributed by atoms with Crippen LogP contribution in [0.2, 0.25) is 0 Å². The number of thiophene rings is 1. The summed E-state index contributed by atoms with van der Waals surface area (Å²) in [4.78, 5) is 15.5. The highest BCUT2D eigenvalue weighted by molar-refractivity contribution is 7.21. The van der Waals surface area contributed by atoms with Crippen molar-refractivity contribution in [1.82, 2.24) is 4.90 Å². The topological polar surface area (TPSA) is 46.3 Å². The van der Waals surface area contributed by atoms with Crippen LogP contribution >= 0.6 is 11.3 Å². The lowest BCUT2D eigenvalue weighted by molar-refractivity contribution is 0.0766. The largest absolute Gasteiger partial charge is 0.397 e. The number of hydrogen-bond donors (Lipinski definition) is 1. The van der Waals surface area contributed by atoms with Gasteiger partial charge in [0.15, 0.2) is 0 Å². The van der Waals surface area contributed by atoms with Gasteiger partial charge in [0.1, 0.15) is 4.88 Å². The van der Waals surface area contributed by atoms with Crippen molar-refractivity contribution in [2.75, 3.05) is 18.8 Å². The van der Waals surface area contributed by atoms with E-state index in [1.807, 2.05) is 29.2 Å². The van der Waals surface area contributed by atoms with Gasteiger partial charge in [-0.15, -0.1) is 11.3 Å². The van der Waals surface area contributed by atoms with Gasteiger partial charge in [-0.1, -0.05) is 31.5 Å². The normalized spacial score (nSPS) is 19.7. The van der Waals surface area contributed by atoms with Crippen molar-refractivity contribution in [3.05, 3.63) is 29.1 Å². The summed E-state index contributed by atoms with van der Waals surface area (Å²) in [6, 6.07) is 7.98. The molecule has 0 aliphatic carbocycles. The third-order valence-electron chi connectivity index (χ3n) is 4.54. The SMILES string of the molecule is CCC1CCCN(C(=O)c2sc3ccccc3c2N)CC1. The fourth-order valence-corrected chi connectivity index (χ4v) is 4.24. The number of nitrogens with two attached hydrogens (primary N) is 1. The van der Waals surface area contributed by atoms with E-state index in [2.05, 4.69) is 6.92 Å². The molecule has 21 heavy (non-hydrogen) atoms. The summed E-state index contributed by atoms with van der Waals surface area (Å²) in [7, 11) is 0. The summed E-state index contributed by atoms with van der Waals surface area (Å²) < 4.78 is 1.10. The van der Waals surface area contributed by atoms with Crippen LogP contribution in [0.5, 0.6) is 0 Å². The fraction of sp³-hybridized carbons (Fsp3) is 0.471. The van der Waals surface area contributed by atoms with E-state index in [0.29, 0.717) is 10.6 Å². The smallest absolute Gasteiger partial charge is 0.266 e. The Labute approximate surface area is 129 Å². The Hall–Kier alpha value is -1.55. The molecule has 2 heterocycles. The highest BCUT2D eigenvalue weighted by Crippen LogP contribution is 2.34. The zero-order chi connectivity index (χ0) is 14.8. The van der Waals surface area contributed by atoms with Gasteiger partial charge in [0.2, 0.25) is 0 Å². The predicted octanol–water partition coefficient (Wildman–Crippen LogP) is 4.14. The summed E-state index contributed by atoms with van der Waals surface area (Å²) >= 11 is 1.52. The van der Waals surface area contributed by atoms with Crippen molar-refractivity contribution < 1.29 is 4.79 Å². The van der Waals surface area contributed by atoms with Gasteiger partial charge in [-0.25, -0.2) is 0 Å². The van der Waals surface area contributed by atoms with Gasteiger partial charge in [-0.2, -0.15) is 0 Å². The van der Waals surface area contributed by atoms with Crippen molar-refractivity contribution in [3.63, 3.8) is 0 Å². The first-order valence-corrected chi connectivity index (χ1v) is 8.58. The lowest BCUT2D eigenvalue weighted by atomic mass is 9.98. The second-order valence-electron chi connectivity index (χ2n) is 5.84. The van der Waals surface area contributed by atoms with Crippen molar-refractivity contribution in [2.45, 2.75) is 32.6 Å². The number of rotatable bonds is 2. The van der Waals surface area contributed by atoms with E-state index >= 15 is 0 Å². The summed E-state index contributed by atoms with van der Waals surface area (Å²) in [5, 5.41) is 1.01. The van der Waals surface area contributed by atoms with E-state index in [4.69, 9.17) is 5.73 Å². The first-order valence-electron chi connectivity index (χ1n) is 7.77. The van der Waals surface area contributed by atoms with Gasteiger partial charge in [0, 0.05) is 23.2 Å². The molecule has 3 nitrogen and oxygen atoms in total. The van der Waals surface area contributed by atoms with Gasteiger partial charge in [0.25, 0.3) is 5.91 Å². The third-order valence-corrected chi connectivity index (χ3v) is 5.71. The molecule has 1 aliphatic heterocycles. The molecule has 1 atom stereocenters. The van der Waals surface area contributed by atoms with E-state index in [1.54, 1.807) is 0 Å². The lowest BCUT2D eigenvalue weighted by Gasteiger charge is -2.20. The maximum Gasteiger partial charge on any atom is 0.266 e. The van der Waals surface area contributed by atoms with Crippen molar-refractivity contribution in [2.24, 2.45) is 5.92 Å². The zero-order valence-electron chi connectivity index (χ0n) is 12.5. The Morgan fingerprint density at radius 1 is 1.33 bits per heavy atom. The van der Waals surface area contributed by atoms with Crippen LogP contribution < -0.4 is 5.73 Å². The number of benzene rings is 1. The fourth-order valence-electron chi connectivity index (χ4n) is 3.14. The lowest BCUT2D eigenvalue weighted by Crippen LogP contribution is -2.31. The molecule has 1 aromatic carbocycles. The molecule has 0 radical (unpaired) electrons. The average molecular weight is 302 g/mol. The number of likely N-dealkylation sites (tertiary alicyclic amines) is 1. The molecule has 2 aromatic rings. The van der Waals surface area contributed by atoms with Crippen LogP contribution in [-0.2, 0) is 0 Å². The minimum atomic E-state index is 0.116. The number of nitrogens with zero attached hydrogens (tertiary/aromatic N) is 1. The first kappa shape index (κ1) is 14.4. The third kappa shape index (κ3) is 2.77. The maximum atomic E-state index is 12.8. The molecule has 4 heteroatoms. The molecule has 1 saturated heterocycles. The molecule has 1 fully saturated rings. The highest BCUT2D eigenvalue weighted by Gasteiger charge is 2.24. The van der Waals surface area contributed by atoms with Crippen LogP contribution in [0, 0.1) is 5.92 Å². The number of amides is 1. The van der Waals surface area contributed by atoms with Crippen LogP contribution in [0.15, 0.2) is 24.3 Å². The quantitative estimate of drug-likeness (QED) is 0.906.